The van der Waals surface area contributed by atoms with Crippen molar-refractivity contribution in [1.82, 2.24) is 4.57 Å². The van der Waals surface area contributed by atoms with E-state index in [4.69, 9.17) is 30.8 Å². The molecule has 8 nitrogen and oxygen atoms in total. The van der Waals surface area contributed by atoms with Crippen molar-refractivity contribution in [3.63, 3.8) is 0 Å². The van der Waals surface area contributed by atoms with Crippen molar-refractivity contribution in [3.8, 4) is 17.2 Å². The first kappa shape index (κ1) is 28.2. The number of phenols is 1. The lowest BCUT2D eigenvalue weighted by Crippen LogP contribution is -2.40. The summed E-state index contributed by atoms with van der Waals surface area (Å²) in [6.07, 6.45) is 1.66. The molecular weight excluding hydrogens is 564 g/mol. The smallest absolute Gasteiger partial charge is 0.338 e. The summed E-state index contributed by atoms with van der Waals surface area (Å²) in [6.45, 7) is 4.30. The fourth-order valence-electron chi connectivity index (χ4n) is 4.65. The van der Waals surface area contributed by atoms with Gasteiger partial charge in [0, 0.05) is 5.56 Å². The minimum Gasteiger partial charge on any atom is -0.503 e. The van der Waals surface area contributed by atoms with Gasteiger partial charge in [0.05, 0.1) is 47.2 Å². The van der Waals surface area contributed by atoms with Gasteiger partial charge in [0.1, 0.15) is 5.75 Å². The van der Waals surface area contributed by atoms with Gasteiger partial charge in [-0.2, -0.15) is 0 Å². The number of halogens is 1. The second-order valence-corrected chi connectivity index (χ2v) is 10.4. The number of rotatable bonds is 8. The van der Waals surface area contributed by atoms with Crippen LogP contribution in [0.2, 0.25) is 5.02 Å². The molecule has 1 aromatic heterocycles. The molecule has 0 spiro atoms. The summed E-state index contributed by atoms with van der Waals surface area (Å²) in [5.74, 6) is 0.111. The molecule has 210 valence electrons. The van der Waals surface area contributed by atoms with Gasteiger partial charge >= 0.3 is 5.97 Å². The molecule has 1 N–H and O–H groups in total. The van der Waals surface area contributed by atoms with E-state index >= 15 is 0 Å². The maximum atomic E-state index is 14.0. The van der Waals surface area contributed by atoms with Crippen molar-refractivity contribution in [1.29, 1.82) is 0 Å². The average molecular weight is 591 g/mol. The number of carbonyl (C=O) groups excluding carboxylic acids is 1. The number of methoxy groups -OCH3 is 1. The third kappa shape index (κ3) is 5.51. The fraction of sp³-hybridized carbons (Fsp3) is 0.194. The van der Waals surface area contributed by atoms with E-state index in [0.717, 1.165) is 5.56 Å². The third-order valence-corrected chi connectivity index (χ3v) is 7.72. The molecule has 0 bridgehead atoms. The number of hydrogen-bond acceptors (Lipinski definition) is 8. The Morgan fingerprint density at radius 1 is 1.10 bits per heavy atom. The van der Waals surface area contributed by atoms with Crippen LogP contribution in [0.15, 0.2) is 82.1 Å². The van der Waals surface area contributed by atoms with Crippen molar-refractivity contribution in [2.24, 2.45) is 4.99 Å². The third-order valence-electron chi connectivity index (χ3n) is 6.45. The van der Waals surface area contributed by atoms with Crippen LogP contribution in [-0.4, -0.2) is 36.0 Å². The molecule has 0 aliphatic carbocycles. The maximum Gasteiger partial charge on any atom is 0.338 e. The summed E-state index contributed by atoms with van der Waals surface area (Å²) < 4.78 is 18.2. The lowest BCUT2D eigenvalue weighted by Gasteiger charge is -2.26. The van der Waals surface area contributed by atoms with E-state index in [9.17, 15) is 14.7 Å². The molecule has 10 heteroatoms. The second kappa shape index (κ2) is 12.0. The Balaban J connectivity index is 1.80. The van der Waals surface area contributed by atoms with Crippen LogP contribution >= 0.6 is 22.9 Å². The zero-order chi connectivity index (χ0) is 29.1. The van der Waals surface area contributed by atoms with Gasteiger partial charge in [0.25, 0.3) is 5.56 Å². The van der Waals surface area contributed by atoms with Crippen LogP contribution in [0.1, 0.15) is 36.6 Å². The molecule has 0 saturated heterocycles. The molecule has 1 aliphatic rings. The van der Waals surface area contributed by atoms with E-state index in [0.29, 0.717) is 38.5 Å². The van der Waals surface area contributed by atoms with Crippen molar-refractivity contribution in [2.45, 2.75) is 19.9 Å². The van der Waals surface area contributed by atoms with Crippen molar-refractivity contribution < 1.29 is 24.1 Å². The zero-order valence-electron chi connectivity index (χ0n) is 22.6. The van der Waals surface area contributed by atoms with Crippen molar-refractivity contribution >= 4 is 40.7 Å². The van der Waals surface area contributed by atoms with E-state index in [2.05, 4.69) is 0 Å². The Labute approximate surface area is 245 Å². The molecule has 0 unspecified atom stereocenters. The molecule has 0 amide bonds. The Morgan fingerprint density at radius 2 is 1.83 bits per heavy atom. The number of carbonyl (C=O) groups is 1. The van der Waals surface area contributed by atoms with E-state index in [1.165, 1.54) is 23.0 Å². The lowest BCUT2D eigenvalue weighted by atomic mass is 9.93. The first-order valence-corrected chi connectivity index (χ1v) is 14.1. The van der Waals surface area contributed by atoms with Gasteiger partial charge in [-0.25, -0.2) is 9.79 Å². The average Bonchev–Trinajstić information content (AvgIpc) is 3.29. The molecule has 1 atom stereocenters. The quantitative estimate of drug-likeness (QED) is 0.299. The maximum absolute atomic E-state index is 14.0. The number of nitrogens with zero attached hydrogens (tertiary/aromatic N) is 2. The van der Waals surface area contributed by atoms with Crippen LogP contribution < -0.4 is 24.4 Å². The highest BCUT2D eigenvalue weighted by Crippen LogP contribution is 2.37. The van der Waals surface area contributed by atoms with Gasteiger partial charge in [-0.05, 0) is 55.3 Å². The molecule has 2 heterocycles. The van der Waals surface area contributed by atoms with Gasteiger partial charge in [0.2, 0.25) is 0 Å². The Morgan fingerprint density at radius 3 is 2.49 bits per heavy atom. The number of phenolic OH excluding ortho intramolecular Hbond substituents is 1. The lowest BCUT2D eigenvalue weighted by molar-refractivity contribution is -0.138. The fourth-order valence-corrected chi connectivity index (χ4v) is 5.87. The molecule has 5 rings (SSSR count). The summed E-state index contributed by atoms with van der Waals surface area (Å²) in [4.78, 5) is 32.8. The highest BCUT2D eigenvalue weighted by Gasteiger charge is 2.35. The van der Waals surface area contributed by atoms with E-state index in [1.807, 2.05) is 61.5 Å². The van der Waals surface area contributed by atoms with Crippen LogP contribution in [0.5, 0.6) is 17.2 Å². The highest BCUT2D eigenvalue weighted by molar-refractivity contribution is 7.07. The Bertz CT molecular complexity index is 1810. The van der Waals surface area contributed by atoms with Crippen LogP contribution in [0, 0.1) is 0 Å². The van der Waals surface area contributed by atoms with Crippen LogP contribution in [0.3, 0.4) is 0 Å². The Kier molecular flexibility index (Phi) is 8.28. The second-order valence-electron chi connectivity index (χ2n) is 8.99. The minimum absolute atomic E-state index is 0.0894. The number of thiazole rings is 1. The summed E-state index contributed by atoms with van der Waals surface area (Å²) in [7, 11) is 1.42. The first-order chi connectivity index (χ1) is 19.9. The molecule has 3 aromatic carbocycles. The molecule has 1 aliphatic heterocycles. The summed E-state index contributed by atoms with van der Waals surface area (Å²) in [5, 5.41) is 10.2. The Hall–Kier alpha value is -4.34. The standard InChI is InChI=1S/C31H27ClN2O6S/c1-4-39-21-13-11-20(12-14-21)27-25(30(37)40-5-2)26(19-9-7-6-8-10-19)33-31-34(27)29(36)24(41-31)17-18-15-22(32)28(35)23(16-18)38-3/h6-17,27,35H,4-5H2,1-3H3/b24-17-/t27-/m1/s1. The van der Waals surface area contributed by atoms with Crippen LogP contribution in [-0.2, 0) is 9.53 Å². The molecule has 0 radical (unpaired) electrons. The number of aromatic hydroxyl groups is 1. The number of benzene rings is 3. The highest BCUT2D eigenvalue weighted by atomic mass is 35.5. The topological polar surface area (TPSA) is 99.4 Å². The normalized spacial score (nSPS) is 14.8. The SMILES string of the molecule is CCOC(=O)C1=C(c2ccccc2)N=c2s/c(=C\c3cc(Cl)c(O)c(OC)c3)c(=O)n2[C@@H]1c1ccc(OCC)cc1. The number of fused-ring (bicyclic) bond motifs is 1. The predicted molar refractivity (Wildman–Crippen MR) is 158 cm³/mol. The van der Waals surface area contributed by atoms with Crippen molar-refractivity contribution in [2.75, 3.05) is 20.3 Å². The minimum atomic E-state index is -0.809. The van der Waals surface area contributed by atoms with E-state index in [1.54, 1.807) is 25.1 Å². The van der Waals surface area contributed by atoms with Gasteiger partial charge in [-0.3, -0.25) is 9.36 Å². The van der Waals surface area contributed by atoms with Gasteiger partial charge in [-0.1, -0.05) is 65.4 Å². The van der Waals surface area contributed by atoms with Gasteiger partial charge in [-0.15, -0.1) is 0 Å². The number of aromatic nitrogens is 1. The monoisotopic (exact) mass is 590 g/mol. The van der Waals surface area contributed by atoms with E-state index < -0.39 is 12.0 Å². The molecule has 0 saturated carbocycles. The molecule has 41 heavy (non-hydrogen) atoms. The summed E-state index contributed by atoms with van der Waals surface area (Å²) in [6, 6.07) is 19.0. The van der Waals surface area contributed by atoms with Crippen molar-refractivity contribution in [3.05, 3.63) is 114 Å². The number of ether oxygens (including phenoxy) is 3. The summed E-state index contributed by atoms with van der Waals surface area (Å²) in [5.41, 5.74) is 2.33. The molecule has 4 aromatic rings. The number of esters is 1. The van der Waals surface area contributed by atoms with Crippen LogP contribution in [0.25, 0.3) is 11.8 Å². The van der Waals surface area contributed by atoms with Gasteiger partial charge < -0.3 is 19.3 Å². The van der Waals surface area contributed by atoms with Gasteiger partial charge in [0.15, 0.2) is 16.3 Å². The first-order valence-electron chi connectivity index (χ1n) is 12.9. The summed E-state index contributed by atoms with van der Waals surface area (Å²) >= 11 is 7.38. The van der Waals surface area contributed by atoms with E-state index in [-0.39, 0.29) is 34.3 Å². The predicted octanol–water partition coefficient (Wildman–Crippen LogP) is 4.70. The molecule has 0 fully saturated rings. The van der Waals surface area contributed by atoms with Crippen LogP contribution in [0.4, 0.5) is 0 Å². The molecular formula is C31H27ClN2O6S. The number of hydrogen-bond donors (Lipinski definition) is 1. The largest absolute Gasteiger partial charge is 0.503 e. The zero-order valence-corrected chi connectivity index (χ0v) is 24.2.